The second kappa shape index (κ2) is 9.45. The van der Waals surface area contributed by atoms with Crippen molar-refractivity contribution in [3.63, 3.8) is 0 Å². The number of carbonyl (C=O) groups excluding carboxylic acids is 3. The fourth-order valence-corrected chi connectivity index (χ4v) is 7.32. The molecule has 0 amide bonds. The Morgan fingerprint density at radius 2 is 1.36 bits per heavy atom. The Bertz CT molecular complexity index is 1260. The average molecular weight is 537 g/mol. The molecule has 208 valence electrons. The van der Waals surface area contributed by atoms with Crippen LogP contribution >= 0.6 is 0 Å². The molecule has 3 fully saturated rings. The van der Waals surface area contributed by atoms with E-state index in [1.807, 2.05) is 32.9 Å². The first-order chi connectivity index (χ1) is 18.3. The Morgan fingerprint density at radius 3 is 1.90 bits per heavy atom. The van der Waals surface area contributed by atoms with Gasteiger partial charge in [0.25, 0.3) is 0 Å². The average Bonchev–Trinajstić information content (AvgIpc) is 3.08. The molecule has 2 bridgehead atoms. The van der Waals surface area contributed by atoms with Gasteiger partial charge in [-0.2, -0.15) is 0 Å². The van der Waals surface area contributed by atoms with Crippen molar-refractivity contribution in [2.24, 2.45) is 11.3 Å². The molecular weight excluding hydrogens is 500 g/mol. The summed E-state index contributed by atoms with van der Waals surface area (Å²) in [6, 6.07) is 17.3. The van der Waals surface area contributed by atoms with E-state index < -0.39 is 64.4 Å². The van der Waals surface area contributed by atoms with Crippen LogP contribution in [-0.2, 0) is 23.7 Å². The maximum absolute atomic E-state index is 13.4. The maximum Gasteiger partial charge on any atom is 0.338 e. The van der Waals surface area contributed by atoms with E-state index in [4.69, 9.17) is 18.9 Å². The molecule has 1 aliphatic heterocycles. The molecule has 1 saturated heterocycles. The zero-order chi connectivity index (χ0) is 28.2. The van der Waals surface area contributed by atoms with Crippen LogP contribution in [0.15, 0.2) is 60.7 Å². The first-order valence-electron chi connectivity index (χ1n) is 13.5. The molecule has 7 atom stereocenters. The van der Waals surface area contributed by atoms with Crippen molar-refractivity contribution in [3.8, 4) is 0 Å². The smallest absolute Gasteiger partial charge is 0.338 e. The largest absolute Gasteiger partial charge is 0.462 e. The van der Waals surface area contributed by atoms with Gasteiger partial charge in [0.15, 0.2) is 0 Å². The third-order valence-electron chi connectivity index (χ3n) is 9.19. The topological polar surface area (TPSA) is 108 Å². The van der Waals surface area contributed by atoms with Crippen LogP contribution in [0.5, 0.6) is 0 Å². The summed E-state index contributed by atoms with van der Waals surface area (Å²) < 4.78 is 25.2. The van der Waals surface area contributed by atoms with E-state index >= 15 is 0 Å². The first-order valence-corrected chi connectivity index (χ1v) is 13.5. The summed E-state index contributed by atoms with van der Waals surface area (Å²) in [6.07, 6.45) is -1.65. The molecule has 5 rings (SSSR count). The zero-order valence-electron chi connectivity index (χ0n) is 23.0. The van der Waals surface area contributed by atoms with Gasteiger partial charge in [-0.3, -0.25) is 4.79 Å². The number of aliphatic hydroxyl groups is 1. The van der Waals surface area contributed by atoms with Crippen LogP contribution in [0.2, 0.25) is 0 Å². The van der Waals surface area contributed by atoms with E-state index in [2.05, 4.69) is 0 Å². The summed E-state index contributed by atoms with van der Waals surface area (Å²) in [5.74, 6) is -1.99. The molecule has 7 unspecified atom stereocenters. The van der Waals surface area contributed by atoms with Gasteiger partial charge in [-0.25, -0.2) is 9.59 Å². The number of hydrogen-bond donors (Lipinski definition) is 1. The molecule has 1 N–H and O–H groups in total. The van der Waals surface area contributed by atoms with Crippen molar-refractivity contribution in [1.29, 1.82) is 0 Å². The highest BCUT2D eigenvalue weighted by molar-refractivity contribution is 5.90. The van der Waals surface area contributed by atoms with Crippen LogP contribution in [0, 0.1) is 11.3 Å². The van der Waals surface area contributed by atoms with Crippen LogP contribution < -0.4 is 0 Å². The fraction of sp³-hybridized carbons (Fsp3) is 0.516. The molecule has 8 heteroatoms. The molecule has 39 heavy (non-hydrogen) atoms. The second-order valence-electron chi connectivity index (χ2n) is 11.9. The zero-order valence-corrected chi connectivity index (χ0v) is 23.0. The number of benzene rings is 2. The molecule has 2 saturated carbocycles. The van der Waals surface area contributed by atoms with Crippen LogP contribution in [-0.4, -0.2) is 58.1 Å². The minimum absolute atomic E-state index is 0.224. The lowest BCUT2D eigenvalue weighted by atomic mass is 9.47. The molecule has 2 aliphatic carbocycles. The van der Waals surface area contributed by atoms with Gasteiger partial charge in [-0.1, -0.05) is 36.4 Å². The highest BCUT2D eigenvalue weighted by Crippen LogP contribution is 2.68. The van der Waals surface area contributed by atoms with E-state index in [9.17, 15) is 19.5 Å². The van der Waals surface area contributed by atoms with E-state index in [1.165, 1.54) is 6.92 Å². The lowest BCUT2D eigenvalue weighted by Gasteiger charge is -2.64. The van der Waals surface area contributed by atoms with Gasteiger partial charge in [-0.15, -0.1) is 0 Å². The first kappa shape index (κ1) is 27.3. The monoisotopic (exact) mass is 536 g/mol. The summed E-state index contributed by atoms with van der Waals surface area (Å²) in [5, 5.41) is 12.1. The van der Waals surface area contributed by atoms with Crippen molar-refractivity contribution in [3.05, 3.63) is 71.8 Å². The second-order valence-corrected chi connectivity index (χ2v) is 11.9. The summed E-state index contributed by atoms with van der Waals surface area (Å²) >= 11 is 0. The van der Waals surface area contributed by atoms with E-state index in [-0.39, 0.29) is 12.8 Å². The Kier molecular flexibility index (Phi) is 6.63. The van der Waals surface area contributed by atoms with E-state index in [0.29, 0.717) is 17.5 Å². The van der Waals surface area contributed by atoms with Gasteiger partial charge >= 0.3 is 17.9 Å². The third-order valence-corrected chi connectivity index (χ3v) is 9.19. The van der Waals surface area contributed by atoms with Gasteiger partial charge < -0.3 is 24.1 Å². The van der Waals surface area contributed by atoms with Crippen LogP contribution in [0.4, 0.5) is 0 Å². The highest BCUT2D eigenvalue weighted by atomic mass is 16.6. The SMILES string of the molecule is CC(=O)OC1CCC(C)(O)C23OC(C)(C)C(CC(OC(=O)c4ccccc4)C12C)C3OC(=O)c1ccccc1. The number of rotatable bonds is 5. The quantitative estimate of drug-likeness (QED) is 0.440. The molecule has 8 nitrogen and oxygen atoms in total. The maximum atomic E-state index is 13.4. The summed E-state index contributed by atoms with van der Waals surface area (Å²) in [5.41, 5.74) is -4.42. The summed E-state index contributed by atoms with van der Waals surface area (Å²) in [7, 11) is 0. The van der Waals surface area contributed by atoms with Crippen molar-refractivity contribution < 1.29 is 38.4 Å². The molecule has 0 radical (unpaired) electrons. The molecule has 1 spiro atoms. The number of fused-ring (bicyclic) bond motifs is 1. The van der Waals surface area contributed by atoms with Gasteiger partial charge in [0.1, 0.15) is 23.9 Å². The van der Waals surface area contributed by atoms with Gasteiger partial charge in [0.05, 0.1) is 27.7 Å². The van der Waals surface area contributed by atoms with E-state index in [0.717, 1.165) is 0 Å². The molecule has 2 aromatic carbocycles. The summed E-state index contributed by atoms with van der Waals surface area (Å²) in [4.78, 5) is 39.0. The van der Waals surface area contributed by atoms with Crippen molar-refractivity contribution in [1.82, 2.24) is 0 Å². The predicted molar refractivity (Wildman–Crippen MR) is 141 cm³/mol. The van der Waals surface area contributed by atoms with Crippen molar-refractivity contribution >= 4 is 17.9 Å². The molecule has 2 aromatic rings. The lowest BCUT2D eigenvalue weighted by Crippen LogP contribution is -2.79. The van der Waals surface area contributed by atoms with Gasteiger partial charge in [-0.05, 0) is 71.2 Å². The number of carbonyl (C=O) groups is 3. The molecule has 1 heterocycles. The molecule has 0 aromatic heterocycles. The number of ether oxygens (including phenoxy) is 4. The highest BCUT2D eigenvalue weighted by Gasteiger charge is 2.82. The van der Waals surface area contributed by atoms with Crippen molar-refractivity contribution in [2.45, 2.75) is 89.0 Å². The number of esters is 3. The Labute approximate surface area is 228 Å². The van der Waals surface area contributed by atoms with Crippen LogP contribution in [0.25, 0.3) is 0 Å². The predicted octanol–water partition coefficient (Wildman–Crippen LogP) is 4.49. The third kappa shape index (κ3) is 4.16. The molecule has 3 aliphatic rings. The van der Waals surface area contributed by atoms with Gasteiger partial charge in [0.2, 0.25) is 0 Å². The van der Waals surface area contributed by atoms with E-state index in [1.54, 1.807) is 55.5 Å². The Hall–Kier alpha value is -3.23. The standard InChI is InChI=1S/C31H36O8/c1-19(32)36-23-16-17-29(4,35)31-25(38-27(34)21-14-10-7-11-15-21)22(28(2,3)39-31)18-24(30(23,31)5)37-26(33)20-12-8-6-9-13-20/h6-15,22-25,35H,16-18H2,1-5H3. The lowest BCUT2D eigenvalue weighted by molar-refractivity contribution is -0.326. The normalized spacial score (nSPS) is 36.4. The number of hydrogen-bond acceptors (Lipinski definition) is 8. The minimum Gasteiger partial charge on any atom is -0.462 e. The van der Waals surface area contributed by atoms with Crippen LogP contribution in [0.1, 0.15) is 74.6 Å². The van der Waals surface area contributed by atoms with Gasteiger partial charge in [0, 0.05) is 12.8 Å². The van der Waals surface area contributed by atoms with Crippen molar-refractivity contribution in [2.75, 3.05) is 0 Å². The summed E-state index contributed by atoms with van der Waals surface area (Å²) in [6.45, 7) is 8.59. The Balaban J connectivity index is 1.64. The minimum atomic E-state index is -1.54. The van der Waals surface area contributed by atoms with Crippen LogP contribution in [0.3, 0.4) is 0 Å². The molecular formula is C31H36O8. The Morgan fingerprint density at radius 1 is 0.821 bits per heavy atom. The fourth-order valence-electron chi connectivity index (χ4n) is 7.32.